The summed E-state index contributed by atoms with van der Waals surface area (Å²) in [6.45, 7) is 0.0881. The van der Waals surface area contributed by atoms with Crippen LogP contribution in [0, 0.1) is 5.41 Å². The fourth-order valence-corrected chi connectivity index (χ4v) is 3.21. The summed E-state index contributed by atoms with van der Waals surface area (Å²) < 4.78 is 36.4. The third-order valence-electron chi connectivity index (χ3n) is 3.89. The summed E-state index contributed by atoms with van der Waals surface area (Å²) in [5, 5.41) is 10.9. The molecule has 2 aliphatic rings. The first-order chi connectivity index (χ1) is 11.8. The number of nitrogens with zero attached hydrogens (tertiary/aromatic N) is 4. The van der Waals surface area contributed by atoms with Gasteiger partial charge in [0.25, 0.3) is 5.91 Å². The normalized spacial score (nSPS) is 22.0. The molecule has 1 aromatic rings. The van der Waals surface area contributed by atoms with Crippen LogP contribution in [-0.2, 0) is 14.7 Å². The van der Waals surface area contributed by atoms with E-state index in [2.05, 4.69) is 19.6 Å². The molecule has 2 fully saturated rings. The molecule has 134 valence electrons. The Morgan fingerprint density at radius 1 is 1.42 bits per heavy atom. The molecule has 1 aromatic heterocycles. The number of hydrogen-bond acceptors (Lipinski definition) is 9. The summed E-state index contributed by atoms with van der Waals surface area (Å²) in [6, 6.07) is -0.835. The van der Waals surface area contributed by atoms with Crippen LogP contribution in [0.4, 0.5) is 4.79 Å². The van der Waals surface area contributed by atoms with Gasteiger partial charge < -0.3 is 14.8 Å². The van der Waals surface area contributed by atoms with Gasteiger partial charge in [-0.05, 0) is 18.9 Å². The fourth-order valence-electron chi connectivity index (χ4n) is 2.82. The number of piperidine rings is 1. The average molecular weight is 392 g/mol. The summed E-state index contributed by atoms with van der Waals surface area (Å²) in [7, 11) is -5.08. The third kappa shape index (κ3) is 4.36. The molecule has 3 rings (SSSR count). The second kappa shape index (κ2) is 7.94. The van der Waals surface area contributed by atoms with Crippen LogP contribution in [-0.4, -0.2) is 69.3 Å². The molecule has 0 aliphatic carbocycles. The predicted molar refractivity (Wildman–Crippen MR) is 78.8 cm³/mol. The topological polar surface area (TPSA) is 169 Å². The Bertz CT molecular complexity index is 821. The van der Waals surface area contributed by atoms with Crippen molar-refractivity contribution in [2.45, 2.75) is 24.9 Å². The van der Waals surface area contributed by atoms with Crippen LogP contribution in [0.5, 0.6) is 0 Å². The van der Waals surface area contributed by atoms with Gasteiger partial charge in [0.05, 0.1) is 12.1 Å². The molecular weight excluding hydrogens is 379 g/mol. The number of hydrogen-bond donors (Lipinski definition) is 2. The molecule has 2 bridgehead atoms. The van der Waals surface area contributed by atoms with E-state index in [9.17, 15) is 22.6 Å². The van der Waals surface area contributed by atoms with E-state index in [1.807, 2.05) is 0 Å². The van der Waals surface area contributed by atoms with Crippen molar-refractivity contribution in [1.29, 1.82) is 5.41 Å². The van der Waals surface area contributed by atoms with Crippen molar-refractivity contribution in [3.05, 3.63) is 24.3 Å². The van der Waals surface area contributed by atoms with E-state index in [0.29, 0.717) is 17.9 Å². The van der Waals surface area contributed by atoms with E-state index in [-0.39, 0.29) is 47.6 Å². The standard InChI is InChI=1S/C12H14N6O6S.Na/c13-10(16-11(19)8-3-4-14-6-15-8)9-2-1-7-5-17(9)12(20)18(7)24-25(21,22)23;/h3-4,6-7,9H,1-2,5H2,(H2,13,16,19)(H,21,22,23);/q;+1/p-1/t7-,9+;/m1./s1. The van der Waals surface area contributed by atoms with Gasteiger partial charge in [0, 0.05) is 12.7 Å². The summed E-state index contributed by atoms with van der Waals surface area (Å²) in [5.74, 6) is -0.862. The third-order valence-corrected chi connectivity index (χ3v) is 4.23. The van der Waals surface area contributed by atoms with Gasteiger partial charge in [-0.15, -0.1) is 0 Å². The van der Waals surface area contributed by atoms with Crippen LogP contribution in [0.2, 0.25) is 0 Å². The van der Waals surface area contributed by atoms with Crippen LogP contribution in [0.1, 0.15) is 23.3 Å². The van der Waals surface area contributed by atoms with Gasteiger partial charge in [-0.3, -0.25) is 10.2 Å². The maximum atomic E-state index is 12.2. The van der Waals surface area contributed by atoms with Gasteiger partial charge in [0.2, 0.25) is 10.4 Å². The molecule has 2 N–H and O–H groups in total. The number of nitrogens with one attached hydrogen (secondary N) is 2. The van der Waals surface area contributed by atoms with Crippen molar-refractivity contribution in [3.63, 3.8) is 0 Å². The zero-order valence-electron chi connectivity index (χ0n) is 13.7. The molecule has 2 aliphatic heterocycles. The predicted octanol–water partition coefficient (Wildman–Crippen LogP) is -4.15. The van der Waals surface area contributed by atoms with Gasteiger partial charge in [-0.2, -0.15) is 9.35 Å². The first-order valence-electron chi connectivity index (χ1n) is 7.17. The summed E-state index contributed by atoms with van der Waals surface area (Å²) in [6.07, 6.45) is 3.18. The van der Waals surface area contributed by atoms with Gasteiger partial charge in [-0.1, -0.05) is 0 Å². The van der Waals surface area contributed by atoms with E-state index in [4.69, 9.17) is 5.41 Å². The maximum absolute atomic E-state index is 12.2. The molecule has 0 radical (unpaired) electrons. The number of urea groups is 1. The zero-order chi connectivity index (χ0) is 18.2. The Hall–Kier alpha value is -1.64. The number of aromatic nitrogens is 2. The van der Waals surface area contributed by atoms with E-state index in [1.54, 1.807) is 0 Å². The monoisotopic (exact) mass is 392 g/mol. The van der Waals surface area contributed by atoms with Crippen LogP contribution >= 0.6 is 0 Å². The molecule has 26 heavy (non-hydrogen) atoms. The molecule has 0 unspecified atom stereocenters. The van der Waals surface area contributed by atoms with Crippen LogP contribution in [0.15, 0.2) is 18.6 Å². The Morgan fingerprint density at radius 3 is 2.77 bits per heavy atom. The van der Waals surface area contributed by atoms with Crippen molar-refractivity contribution in [2.75, 3.05) is 6.54 Å². The van der Waals surface area contributed by atoms with Gasteiger partial charge in [0.1, 0.15) is 17.9 Å². The fraction of sp³-hybridized carbons (Fsp3) is 0.417. The number of carbonyl (C=O) groups excluding carboxylic acids is 2. The summed E-state index contributed by atoms with van der Waals surface area (Å²) in [4.78, 5) is 32.9. The summed E-state index contributed by atoms with van der Waals surface area (Å²) >= 11 is 0. The molecule has 14 heteroatoms. The van der Waals surface area contributed by atoms with Crippen LogP contribution < -0.4 is 34.9 Å². The molecule has 0 spiro atoms. The van der Waals surface area contributed by atoms with E-state index in [1.165, 1.54) is 23.5 Å². The molecule has 12 nitrogen and oxygen atoms in total. The minimum Gasteiger partial charge on any atom is -0.724 e. The number of fused-ring (bicyclic) bond motifs is 2. The van der Waals surface area contributed by atoms with Gasteiger partial charge in [-0.25, -0.2) is 23.2 Å². The largest absolute Gasteiger partial charge is 1.00 e. The van der Waals surface area contributed by atoms with Crippen LogP contribution in [0.3, 0.4) is 0 Å². The first-order valence-corrected chi connectivity index (χ1v) is 8.50. The molecule has 0 saturated carbocycles. The molecule has 0 aromatic carbocycles. The quantitative estimate of drug-likeness (QED) is 0.171. The molecule has 2 saturated heterocycles. The molecule has 2 atom stereocenters. The van der Waals surface area contributed by atoms with Crippen LogP contribution in [0.25, 0.3) is 0 Å². The first kappa shape index (κ1) is 20.7. The zero-order valence-corrected chi connectivity index (χ0v) is 16.5. The SMILES string of the molecule is N=C(NC(=O)c1ccncn1)[C@@H]1CC[C@@H]2CN1C(=O)N2OS(=O)(=O)[O-].[Na+]. The molecule has 3 amide bonds. The number of amides is 3. The Balaban J connectivity index is 0.00000243. The average Bonchev–Trinajstić information content (AvgIpc) is 2.79. The van der Waals surface area contributed by atoms with Gasteiger partial charge >= 0.3 is 35.6 Å². The number of carbonyl (C=O) groups is 2. The number of amidine groups is 1. The maximum Gasteiger partial charge on any atom is 1.00 e. The van der Waals surface area contributed by atoms with Crippen molar-refractivity contribution in [2.24, 2.45) is 0 Å². The van der Waals surface area contributed by atoms with Crippen molar-refractivity contribution < 1.29 is 56.4 Å². The van der Waals surface area contributed by atoms with E-state index in [0.717, 1.165) is 0 Å². The Labute approximate surface area is 170 Å². The second-order valence-corrected chi connectivity index (χ2v) is 6.42. The number of rotatable bonds is 4. The minimum atomic E-state index is -5.08. The summed E-state index contributed by atoms with van der Waals surface area (Å²) in [5.41, 5.74) is 0.0589. The second-order valence-electron chi connectivity index (χ2n) is 5.45. The van der Waals surface area contributed by atoms with Crippen molar-refractivity contribution in [1.82, 2.24) is 25.2 Å². The van der Waals surface area contributed by atoms with Crippen molar-refractivity contribution >= 4 is 28.2 Å². The van der Waals surface area contributed by atoms with Gasteiger partial charge in [0.15, 0.2) is 0 Å². The molecular formula is C12H13N6NaO6S. The smallest absolute Gasteiger partial charge is 0.724 e. The van der Waals surface area contributed by atoms with Crippen molar-refractivity contribution in [3.8, 4) is 0 Å². The minimum absolute atomic E-state index is 0. The Morgan fingerprint density at radius 2 is 2.15 bits per heavy atom. The Kier molecular flexibility index (Phi) is 6.31. The van der Waals surface area contributed by atoms with E-state index < -0.39 is 34.4 Å². The van der Waals surface area contributed by atoms with E-state index >= 15 is 0 Å². The molecule has 3 heterocycles. The number of hydroxylamine groups is 2.